The third-order valence-electron chi connectivity index (χ3n) is 5.80. The molecule has 1 saturated heterocycles. The Labute approximate surface area is 185 Å². The number of nitrogens with zero attached hydrogens (tertiary/aromatic N) is 5. The number of hydrogen-bond acceptors (Lipinski definition) is 7. The zero-order valence-corrected chi connectivity index (χ0v) is 18.2. The van der Waals surface area contributed by atoms with Crippen molar-refractivity contribution >= 4 is 22.7 Å². The zero-order valence-electron chi connectivity index (χ0n) is 18.2. The van der Waals surface area contributed by atoms with Gasteiger partial charge in [-0.15, -0.1) is 0 Å². The van der Waals surface area contributed by atoms with Gasteiger partial charge in [0, 0.05) is 31.9 Å². The number of amides is 1. The molecule has 1 aliphatic rings. The molecule has 32 heavy (non-hydrogen) atoms. The van der Waals surface area contributed by atoms with Gasteiger partial charge in [0.05, 0.1) is 23.9 Å². The quantitative estimate of drug-likeness (QED) is 0.485. The van der Waals surface area contributed by atoms with Gasteiger partial charge in [-0.3, -0.25) is 4.79 Å². The first-order valence-electron chi connectivity index (χ1n) is 10.4. The molecule has 4 heterocycles. The van der Waals surface area contributed by atoms with E-state index in [9.17, 15) is 4.79 Å². The first-order valence-corrected chi connectivity index (χ1v) is 10.4. The second kappa shape index (κ2) is 7.96. The second-order valence-electron chi connectivity index (χ2n) is 7.92. The maximum atomic E-state index is 12.3. The summed E-state index contributed by atoms with van der Waals surface area (Å²) in [5, 5.41) is 0.823. The van der Waals surface area contributed by atoms with Crippen LogP contribution in [0.4, 0.5) is 5.82 Å². The lowest BCUT2D eigenvalue weighted by atomic mass is 9.98. The summed E-state index contributed by atoms with van der Waals surface area (Å²) >= 11 is 0. The van der Waals surface area contributed by atoms with Crippen molar-refractivity contribution in [3.05, 3.63) is 60.4 Å². The van der Waals surface area contributed by atoms with Crippen molar-refractivity contribution < 1.29 is 13.9 Å². The Hall–Kier alpha value is -3.94. The number of furan rings is 1. The van der Waals surface area contributed by atoms with Crippen molar-refractivity contribution in [3.63, 3.8) is 0 Å². The van der Waals surface area contributed by atoms with Gasteiger partial charge in [0.25, 0.3) is 0 Å². The Bertz CT molecular complexity index is 1320. The number of hydrogen-bond donors (Lipinski definition) is 0. The molecular formula is C24H23N5O3. The topological polar surface area (TPSA) is 84.6 Å². The van der Waals surface area contributed by atoms with E-state index in [1.807, 2.05) is 50.1 Å². The highest BCUT2D eigenvalue weighted by Gasteiger charge is 2.26. The molecular weight excluding hydrogens is 406 g/mol. The first-order chi connectivity index (χ1) is 15.5. The fraction of sp³-hybridized carbons (Fsp3) is 0.250. The van der Waals surface area contributed by atoms with Crippen LogP contribution in [-0.4, -0.2) is 52.4 Å². The Balaban J connectivity index is 1.50. The van der Waals surface area contributed by atoms with E-state index in [-0.39, 0.29) is 5.91 Å². The van der Waals surface area contributed by atoms with Crippen molar-refractivity contribution in [2.75, 3.05) is 31.6 Å². The van der Waals surface area contributed by atoms with E-state index in [1.54, 1.807) is 29.8 Å². The molecule has 0 atom stereocenters. The fourth-order valence-corrected chi connectivity index (χ4v) is 4.00. The Morgan fingerprint density at radius 1 is 1.06 bits per heavy atom. The molecule has 162 valence electrons. The summed E-state index contributed by atoms with van der Waals surface area (Å²) in [7, 11) is 1.83. The lowest BCUT2D eigenvalue weighted by Crippen LogP contribution is -2.49. The van der Waals surface area contributed by atoms with Crippen LogP contribution in [-0.2, 0) is 4.79 Å². The molecule has 0 bridgehead atoms. The number of fused-ring (bicyclic) bond motifs is 1. The summed E-state index contributed by atoms with van der Waals surface area (Å²) in [5.74, 6) is 2.04. The van der Waals surface area contributed by atoms with E-state index in [4.69, 9.17) is 9.15 Å². The van der Waals surface area contributed by atoms with Gasteiger partial charge in [-0.25, -0.2) is 15.0 Å². The van der Waals surface area contributed by atoms with Crippen LogP contribution >= 0.6 is 0 Å². The number of benzene rings is 1. The van der Waals surface area contributed by atoms with Gasteiger partial charge in [0.2, 0.25) is 11.8 Å². The number of piperazine rings is 1. The molecule has 0 spiro atoms. The van der Waals surface area contributed by atoms with Gasteiger partial charge >= 0.3 is 0 Å². The van der Waals surface area contributed by atoms with Crippen LogP contribution < -0.4 is 9.64 Å². The molecule has 0 aliphatic carbocycles. The minimum atomic E-state index is 0.0832. The van der Waals surface area contributed by atoms with Crippen LogP contribution in [0.1, 0.15) is 11.3 Å². The van der Waals surface area contributed by atoms with Gasteiger partial charge in [0.15, 0.2) is 0 Å². The Morgan fingerprint density at radius 3 is 2.75 bits per heavy atom. The summed E-state index contributed by atoms with van der Waals surface area (Å²) in [6, 6.07) is 9.54. The minimum Gasteiger partial charge on any atom is -0.464 e. The second-order valence-corrected chi connectivity index (χ2v) is 7.92. The molecule has 8 nitrogen and oxygen atoms in total. The van der Waals surface area contributed by atoms with Crippen LogP contribution in [0.15, 0.2) is 53.5 Å². The predicted molar refractivity (Wildman–Crippen MR) is 121 cm³/mol. The van der Waals surface area contributed by atoms with Crippen molar-refractivity contribution in [3.8, 4) is 22.8 Å². The number of rotatable bonds is 4. The Kier molecular flexibility index (Phi) is 4.97. The summed E-state index contributed by atoms with van der Waals surface area (Å²) in [5.41, 5.74) is 4.55. The Morgan fingerprint density at radius 2 is 1.94 bits per heavy atom. The average molecular weight is 429 g/mol. The third kappa shape index (κ3) is 3.53. The highest BCUT2D eigenvalue weighted by molar-refractivity contribution is 5.86. The van der Waals surface area contributed by atoms with Crippen molar-refractivity contribution in [1.82, 2.24) is 19.9 Å². The molecule has 1 aromatic carbocycles. The molecule has 3 aromatic heterocycles. The van der Waals surface area contributed by atoms with E-state index in [2.05, 4.69) is 15.0 Å². The summed E-state index contributed by atoms with van der Waals surface area (Å²) < 4.78 is 11.5. The van der Waals surface area contributed by atoms with Crippen LogP contribution in [0.25, 0.3) is 22.1 Å². The lowest BCUT2D eigenvalue weighted by Gasteiger charge is -2.34. The highest BCUT2D eigenvalue weighted by atomic mass is 16.5. The summed E-state index contributed by atoms with van der Waals surface area (Å²) in [6.07, 6.45) is 4.84. The molecule has 0 N–H and O–H groups in total. The van der Waals surface area contributed by atoms with Gasteiger partial charge in [0.1, 0.15) is 23.5 Å². The molecule has 4 aromatic rings. The number of anilines is 1. The molecule has 8 heteroatoms. The number of aryl methyl sites for hydroxylation is 2. The van der Waals surface area contributed by atoms with Gasteiger partial charge in [-0.2, -0.15) is 0 Å². The van der Waals surface area contributed by atoms with Crippen molar-refractivity contribution in [2.24, 2.45) is 0 Å². The first kappa shape index (κ1) is 20.0. The maximum Gasteiger partial charge on any atom is 0.241 e. The van der Waals surface area contributed by atoms with E-state index < -0.39 is 0 Å². The number of carbonyl (C=O) groups is 1. The lowest BCUT2D eigenvalue weighted by molar-refractivity contribution is -0.129. The van der Waals surface area contributed by atoms with E-state index in [0.717, 1.165) is 45.7 Å². The zero-order chi connectivity index (χ0) is 22.2. The SMILES string of the molecule is Cc1cc(Oc2nccc3occc23)ccc1-c1c(C)ncnc1N1CCN(C)C(=O)C1. The van der Waals surface area contributed by atoms with Crippen LogP contribution in [0.5, 0.6) is 11.6 Å². The summed E-state index contributed by atoms with van der Waals surface area (Å²) in [4.78, 5) is 29.4. The standard InChI is InChI=1S/C24H23N5O3/c1-15-12-17(32-24-19-7-11-31-20(19)6-8-25-24)4-5-18(15)22-16(2)26-14-27-23(22)29-10-9-28(3)21(30)13-29/h4-8,11-12,14H,9-10,13H2,1-3H3. The third-order valence-corrected chi connectivity index (χ3v) is 5.80. The molecule has 1 aliphatic heterocycles. The van der Waals surface area contributed by atoms with Crippen LogP contribution in [0.2, 0.25) is 0 Å². The molecule has 1 amide bonds. The van der Waals surface area contributed by atoms with E-state index >= 15 is 0 Å². The van der Waals surface area contributed by atoms with Crippen LogP contribution in [0, 0.1) is 13.8 Å². The molecule has 0 radical (unpaired) electrons. The maximum absolute atomic E-state index is 12.3. The largest absolute Gasteiger partial charge is 0.464 e. The number of ether oxygens (including phenoxy) is 1. The number of carbonyl (C=O) groups excluding carboxylic acids is 1. The van der Waals surface area contributed by atoms with Crippen molar-refractivity contribution in [2.45, 2.75) is 13.8 Å². The van der Waals surface area contributed by atoms with Gasteiger partial charge in [-0.1, -0.05) is 6.07 Å². The highest BCUT2D eigenvalue weighted by Crippen LogP contribution is 2.36. The predicted octanol–water partition coefficient (Wildman–Crippen LogP) is 3.97. The minimum absolute atomic E-state index is 0.0832. The number of pyridine rings is 1. The van der Waals surface area contributed by atoms with Gasteiger partial charge in [-0.05, 0) is 49.2 Å². The molecule has 5 rings (SSSR count). The molecule has 1 fully saturated rings. The average Bonchev–Trinajstić information content (AvgIpc) is 3.26. The fourth-order valence-electron chi connectivity index (χ4n) is 4.00. The number of aromatic nitrogens is 3. The van der Waals surface area contributed by atoms with Crippen LogP contribution in [0.3, 0.4) is 0 Å². The van der Waals surface area contributed by atoms with E-state index in [0.29, 0.717) is 24.7 Å². The normalized spacial score (nSPS) is 14.3. The van der Waals surface area contributed by atoms with Crippen molar-refractivity contribution in [1.29, 1.82) is 0 Å². The monoisotopic (exact) mass is 429 g/mol. The van der Waals surface area contributed by atoms with Gasteiger partial charge < -0.3 is 19.0 Å². The number of likely N-dealkylation sites (N-methyl/N-ethyl adjacent to an activating group) is 1. The smallest absolute Gasteiger partial charge is 0.241 e. The molecule has 0 unspecified atom stereocenters. The summed E-state index contributed by atoms with van der Waals surface area (Å²) in [6.45, 7) is 5.69. The van der Waals surface area contributed by atoms with E-state index in [1.165, 1.54) is 0 Å². The molecule has 0 saturated carbocycles.